The molecular weight excluding hydrogens is 608 g/mol. The third-order valence-corrected chi connectivity index (χ3v) is 7.36. The second-order valence-electron chi connectivity index (χ2n) is 11.1. The third-order valence-electron chi connectivity index (χ3n) is 7.36. The molecule has 37 heavy (non-hydrogen) atoms. The van der Waals surface area contributed by atoms with E-state index in [1.54, 1.807) is 20.8 Å². The Kier molecular flexibility index (Phi) is 29.7. The second-order valence-corrected chi connectivity index (χ2v) is 11.1. The van der Waals surface area contributed by atoms with Crippen LogP contribution in [0.5, 0.6) is 0 Å². The van der Waals surface area contributed by atoms with Gasteiger partial charge in [0.25, 0.3) is 0 Å². The van der Waals surface area contributed by atoms with Crippen LogP contribution in [0.4, 0.5) is 0 Å². The van der Waals surface area contributed by atoms with Gasteiger partial charge in [-0.25, -0.2) is 0 Å². The summed E-state index contributed by atoms with van der Waals surface area (Å²) >= 11 is 0. The maximum absolute atomic E-state index is 10.8. The van der Waals surface area contributed by atoms with Crippen LogP contribution in [0.3, 0.4) is 0 Å². The van der Waals surface area contributed by atoms with Crippen molar-refractivity contribution in [2.24, 2.45) is 16.2 Å². The van der Waals surface area contributed by atoms with Crippen LogP contribution in [0.2, 0.25) is 0 Å². The van der Waals surface area contributed by atoms with Crippen LogP contribution in [0, 0.1) is 65.6 Å². The Hall–Kier alpha value is -0.00558. The molecule has 0 rings (SSSR count). The minimum absolute atomic E-state index is 0. The van der Waals surface area contributed by atoms with E-state index < -0.39 is 34.2 Å². The molecule has 0 aliphatic heterocycles. The van der Waals surface area contributed by atoms with Crippen LogP contribution in [-0.2, 0) is 14.4 Å². The molecule has 6 nitrogen and oxygen atoms in total. The summed E-state index contributed by atoms with van der Waals surface area (Å²) in [7, 11) is 0. The summed E-state index contributed by atoms with van der Waals surface area (Å²) in [5.74, 6) is -2.68. The molecule has 0 aliphatic carbocycles. The van der Waals surface area contributed by atoms with Crippen molar-refractivity contribution >= 4 is 17.9 Å². The number of carbonyl (C=O) groups is 3. The first-order valence-corrected chi connectivity index (χ1v) is 14.3. The molecular formula is C30H57EuO6. The Morgan fingerprint density at radius 2 is 0.757 bits per heavy atom. The van der Waals surface area contributed by atoms with Crippen LogP contribution < -0.4 is 15.3 Å². The molecule has 0 N–H and O–H groups in total. The van der Waals surface area contributed by atoms with E-state index in [0.717, 1.165) is 89.9 Å². The summed E-state index contributed by atoms with van der Waals surface area (Å²) in [5.41, 5.74) is -1.79. The zero-order chi connectivity index (χ0) is 28.8. The molecule has 3 atom stereocenters. The minimum Gasteiger partial charge on any atom is -0.550 e. The summed E-state index contributed by atoms with van der Waals surface area (Å²) < 4.78 is 0. The Labute approximate surface area is 269 Å². The number of carboxylic acid groups (broad SMARTS) is 3. The second kappa shape index (κ2) is 25.0. The summed E-state index contributed by atoms with van der Waals surface area (Å²) in [5, 5.41) is 32.3. The molecule has 0 radical (unpaired) electrons. The maximum Gasteiger partial charge on any atom is 3.00 e. The molecule has 0 saturated carbocycles. The Morgan fingerprint density at radius 1 is 0.459 bits per heavy atom. The summed E-state index contributed by atoms with van der Waals surface area (Å²) in [6.07, 6.45) is 13.5. The topological polar surface area (TPSA) is 120 Å². The van der Waals surface area contributed by atoms with Gasteiger partial charge in [-0.3, -0.25) is 0 Å². The van der Waals surface area contributed by atoms with Gasteiger partial charge < -0.3 is 29.7 Å². The van der Waals surface area contributed by atoms with E-state index in [0.29, 0.717) is 6.42 Å². The molecule has 0 aromatic carbocycles. The number of rotatable bonds is 18. The summed E-state index contributed by atoms with van der Waals surface area (Å²) in [4.78, 5) is 32.3. The first kappa shape index (κ1) is 44.0. The normalized spacial score (nSPS) is 15.2. The molecule has 0 fully saturated rings. The van der Waals surface area contributed by atoms with Crippen molar-refractivity contribution < 1.29 is 79.1 Å². The standard InChI is InChI=1S/3C10H20O2.Eu/c1-4-6-7-8-10(3,5-2)9(11)12;2*1-4-6-8-10(3,7-5-2)9(11)12;/h3*4-8H2,1-3H3,(H,11,12);/q;;;+3/p-3. The van der Waals surface area contributed by atoms with Crippen LogP contribution in [0.25, 0.3) is 0 Å². The largest absolute Gasteiger partial charge is 3.00 e. The van der Waals surface area contributed by atoms with Gasteiger partial charge in [0.15, 0.2) is 0 Å². The molecule has 7 heteroatoms. The summed E-state index contributed by atoms with van der Waals surface area (Å²) in [6, 6.07) is 0. The van der Waals surface area contributed by atoms with Crippen LogP contribution >= 0.6 is 0 Å². The fourth-order valence-corrected chi connectivity index (χ4v) is 4.08. The van der Waals surface area contributed by atoms with E-state index in [1.807, 2.05) is 20.8 Å². The number of carboxylic acids is 3. The third kappa shape index (κ3) is 20.5. The fraction of sp³-hybridized carbons (Fsp3) is 0.900. The van der Waals surface area contributed by atoms with Gasteiger partial charge in [-0.1, -0.05) is 120 Å². The Balaban J connectivity index is -0.000000218. The SMILES string of the molecule is CCCCC(C)(CCC)C(=O)[O-].CCCCC(C)(CCC)C(=O)[O-].CCCCCC(C)(CC)C(=O)[O-].[Eu+3]. The van der Waals surface area contributed by atoms with Gasteiger partial charge >= 0.3 is 49.4 Å². The van der Waals surface area contributed by atoms with Gasteiger partial charge in [0.2, 0.25) is 0 Å². The van der Waals surface area contributed by atoms with Crippen molar-refractivity contribution in [2.45, 2.75) is 159 Å². The minimum atomic E-state index is -0.902. The average Bonchev–Trinajstić information content (AvgIpc) is 2.82. The van der Waals surface area contributed by atoms with Gasteiger partial charge in [-0.15, -0.1) is 0 Å². The number of aliphatic carboxylic acids is 3. The number of carbonyl (C=O) groups excluding carboxylic acids is 3. The van der Waals surface area contributed by atoms with E-state index in [-0.39, 0.29) is 49.4 Å². The van der Waals surface area contributed by atoms with Crippen molar-refractivity contribution in [3.05, 3.63) is 0 Å². The maximum atomic E-state index is 10.8. The van der Waals surface area contributed by atoms with Crippen molar-refractivity contribution in [1.82, 2.24) is 0 Å². The molecule has 0 spiro atoms. The van der Waals surface area contributed by atoms with E-state index >= 15 is 0 Å². The van der Waals surface area contributed by atoms with Crippen molar-refractivity contribution in [1.29, 1.82) is 0 Å². The van der Waals surface area contributed by atoms with E-state index in [1.165, 1.54) is 0 Å². The molecule has 0 aromatic rings. The zero-order valence-corrected chi connectivity index (χ0v) is 27.9. The molecule has 0 saturated heterocycles. The first-order valence-electron chi connectivity index (χ1n) is 14.3. The molecule has 0 amide bonds. The van der Waals surface area contributed by atoms with Crippen LogP contribution in [-0.4, -0.2) is 17.9 Å². The van der Waals surface area contributed by atoms with Gasteiger partial charge in [0.05, 0.1) is 0 Å². The quantitative estimate of drug-likeness (QED) is 0.186. The molecule has 0 aromatic heterocycles. The number of unbranched alkanes of at least 4 members (excludes halogenated alkanes) is 4. The molecule has 0 aliphatic rings. The first-order chi connectivity index (χ1) is 16.7. The van der Waals surface area contributed by atoms with Gasteiger partial charge in [-0.05, 0) is 38.5 Å². The fourth-order valence-electron chi connectivity index (χ4n) is 4.08. The Bertz CT molecular complexity index is 563. The van der Waals surface area contributed by atoms with E-state index in [9.17, 15) is 29.7 Å². The van der Waals surface area contributed by atoms with E-state index in [2.05, 4.69) is 20.8 Å². The van der Waals surface area contributed by atoms with Gasteiger partial charge in [-0.2, -0.15) is 0 Å². The van der Waals surface area contributed by atoms with E-state index in [4.69, 9.17) is 0 Å². The predicted molar refractivity (Wildman–Crippen MR) is 143 cm³/mol. The van der Waals surface area contributed by atoms with Crippen LogP contribution in [0.1, 0.15) is 159 Å². The van der Waals surface area contributed by atoms with Crippen molar-refractivity contribution in [3.63, 3.8) is 0 Å². The smallest absolute Gasteiger partial charge is 0.550 e. The Morgan fingerprint density at radius 3 is 0.973 bits per heavy atom. The average molecular weight is 666 g/mol. The molecule has 0 heterocycles. The van der Waals surface area contributed by atoms with Crippen LogP contribution in [0.15, 0.2) is 0 Å². The number of hydrogen-bond donors (Lipinski definition) is 0. The monoisotopic (exact) mass is 666 g/mol. The van der Waals surface area contributed by atoms with Gasteiger partial charge in [0, 0.05) is 34.2 Å². The van der Waals surface area contributed by atoms with Gasteiger partial charge in [0.1, 0.15) is 0 Å². The molecule has 0 bridgehead atoms. The zero-order valence-electron chi connectivity index (χ0n) is 25.4. The molecule has 220 valence electrons. The summed E-state index contributed by atoms with van der Waals surface area (Å²) in [6.45, 7) is 17.5. The predicted octanol–water partition coefficient (Wildman–Crippen LogP) is 5.20. The molecule has 3 unspecified atom stereocenters. The van der Waals surface area contributed by atoms with Crippen molar-refractivity contribution in [2.75, 3.05) is 0 Å². The number of hydrogen-bond acceptors (Lipinski definition) is 6. The van der Waals surface area contributed by atoms with Crippen molar-refractivity contribution in [3.8, 4) is 0 Å².